The Hall–Kier alpha value is -1.75. The minimum Gasteiger partial charge on any atom is -0.492 e. The van der Waals surface area contributed by atoms with Gasteiger partial charge in [0.05, 0.1) is 0 Å². The van der Waals surface area contributed by atoms with Gasteiger partial charge < -0.3 is 15.2 Å². The van der Waals surface area contributed by atoms with E-state index in [0.29, 0.717) is 11.1 Å². The summed E-state index contributed by atoms with van der Waals surface area (Å²) in [6.07, 6.45) is 3.49. The van der Waals surface area contributed by atoms with Crippen LogP contribution in [0.3, 0.4) is 0 Å². The molecule has 5 heteroatoms. The number of halogens is 1. The molecule has 1 fully saturated rings. The second-order valence-corrected chi connectivity index (χ2v) is 6.75. The van der Waals surface area contributed by atoms with E-state index in [2.05, 4.69) is 4.90 Å². The molecule has 0 radical (unpaired) electrons. The van der Waals surface area contributed by atoms with E-state index in [4.69, 9.17) is 26.8 Å². The number of likely N-dealkylation sites (tertiary alicyclic amines) is 1. The van der Waals surface area contributed by atoms with E-state index in [1.807, 2.05) is 48.5 Å². The molecule has 3 rings (SSSR count). The molecule has 0 bridgehead atoms. The van der Waals surface area contributed by atoms with Gasteiger partial charge >= 0.3 is 0 Å². The molecule has 134 valence electrons. The maximum atomic E-state index is 5.98. The Labute approximate surface area is 154 Å². The van der Waals surface area contributed by atoms with Crippen LogP contribution in [-0.2, 0) is 0 Å². The molecule has 0 spiro atoms. The van der Waals surface area contributed by atoms with Crippen molar-refractivity contribution < 1.29 is 9.47 Å². The SMILES string of the molecule is NCCCN1CCCC1COc1ccc(Oc2ccc(Cl)cc2)cc1. The minimum atomic E-state index is 0.497. The van der Waals surface area contributed by atoms with Crippen LogP contribution in [0.2, 0.25) is 5.02 Å². The fourth-order valence-electron chi connectivity index (χ4n) is 3.11. The predicted octanol–water partition coefficient (Wildman–Crippen LogP) is 4.32. The molecule has 0 aliphatic carbocycles. The van der Waals surface area contributed by atoms with Crippen LogP contribution >= 0.6 is 11.6 Å². The second-order valence-electron chi connectivity index (χ2n) is 6.31. The molecule has 2 N–H and O–H groups in total. The monoisotopic (exact) mass is 360 g/mol. The third-order valence-electron chi connectivity index (χ3n) is 4.46. The third-order valence-corrected chi connectivity index (χ3v) is 4.72. The molecule has 0 aromatic heterocycles. The average molecular weight is 361 g/mol. The average Bonchev–Trinajstić information content (AvgIpc) is 3.09. The zero-order chi connectivity index (χ0) is 17.5. The fourth-order valence-corrected chi connectivity index (χ4v) is 3.23. The van der Waals surface area contributed by atoms with Gasteiger partial charge in [0.25, 0.3) is 0 Å². The van der Waals surface area contributed by atoms with E-state index in [0.717, 1.165) is 49.9 Å². The summed E-state index contributed by atoms with van der Waals surface area (Å²) in [6, 6.07) is 15.6. The summed E-state index contributed by atoms with van der Waals surface area (Å²) in [6.45, 7) is 3.70. The molecule has 1 aliphatic rings. The molecular weight excluding hydrogens is 336 g/mol. The molecular formula is C20H25ClN2O2. The van der Waals surface area contributed by atoms with E-state index in [-0.39, 0.29) is 0 Å². The highest BCUT2D eigenvalue weighted by Gasteiger charge is 2.24. The third kappa shape index (κ3) is 5.36. The Morgan fingerprint density at radius 3 is 2.32 bits per heavy atom. The lowest BCUT2D eigenvalue weighted by atomic mass is 10.2. The van der Waals surface area contributed by atoms with Gasteiger partial charge in [-0.05, 0) is 87.4 Å². The molecule has 25 heavy (non-hydrogen) atoms. The van der Waals surface area contributed by atoms with Gasteiger partial charge in [-0.1, -0.05) is 11.6 Å². The maximum absolute atomic E-state index is 5.98. The highest BCUT2D eigenvalue weighted by atomic mass is 35.5. The molecule has 2 aromatic rings. The highest BCUT2D eigenvalue weighted by Crippen LogP contribution is 2.25. The number of benzene rings is 2. The van der Waals surface area contributed by atoms with Gasteiger partial charge in [0.15, 0.2) is 0 Å². The quantitative estimate of drug-likeness (QED) is 0.761. The van der Waals surface area contributed by atoms with E-state index in [1.54, 1.807) is 0 Å². The maximum Gasteiger partial charge on any atom is 0.127 e. The Kier molecular flexibility index (Phi) is 6.56. The summed E-state index contributed by atoms with van der Waals surface area (Å²) >= 11 is 5.88. The Morgan fingerprint density at radius 1 is 1.00 bits per heavy atom. The minimum absolute atomic E-state index is 0.497. The zero-order valence-corrected chi connectivity index (χ0v) is 15.1. The van der Waals surface area contributed by atoms with Crippen molar-refractivity contribution in [1.82, 2.24) is 4.90 Å². The molecule has 1 unspecified atom stereocenters. The van der Waals surface area contributed by atoms with Crippen LogP contribution in [0.4, 0.5) is 0 Å². The first-order chi connectivity index (χ1) is 12.2. The van der Waals surface area contributed by atoms with Gasteiger partial charge in [0.1, 0.15) is 23.9 Å². The van der Waals surface area contributed by atoms with Crippen LogP contribution in [0.25, 0.3) is 0 Å². The van der Waals surface area contributed by atoms with Crippen molar-refractivity contribution in [2.75, 3.05) is 26.2 Å². The summed E-state index contributed by atoms with van der Waals surface area (Å²) in [5.74, 6) is 2.41. The molecule has 2 aromatic carbocycles. The van der Waals surface area contributed by atoms with Crippen molar-refractivity contribution >= 4 is 11.6 Å². The number of ether oxygens (including phenoxy) is 2. The summed E-state index contributed by atoms with van der Waals surface area (Å²) < 4.78 is 11.8. The lowest BCUT2D eigenvalue weighted by Crippen LogP contribution is -2.35. The highest BCUT2D eigenvalue weighted by molar-refractivity contribution is 6.30. The first kappa shape index (κ1) is 18.1. The molecule has 0 amide bonds. The van der Waals surface area contributed by atoms with Crippen LogP contribution in [0, 0.1) is 0 Å². The first-order valence-electron chi connectivity index (χ1n) is 8.85. The van der Waals surface area contributed by atoms with E-state index in [9.17, 15) is 0 Å². The molecule has 4 nitrogen and oxygen atoms in total. The largest absolute Gasteiger partial charge is 0.492 e. The number of rotatable bonds is 8. The van der Waals surface area contributed by atoms with Gasteiger partial charge in [-0.3, -0.25) is 4.90 Å². The number of nitrogens with zero attached hydrogens (tertiary/aromatic N) is 1. The lowest BCUT2D eigenvalue weighted by Gasteiger charge is -2.24. The number of hydrogen-bond acceptors (Lipinski definition) is 4. The van der Waals surface area contributed by atoms with Gasteiger partial charge in [0.2, 0.25) is 0 Å². The Morgan fingerprint density at radius 2 is 1.64 bits per heavy atom. The topological polar surface area (TPSA) is 47.7 Å². The molecule has 1 heterocycles. The molecule has 0 saturated carbocycles. The lowest BCUT2D eigenvalue weighted by molar-refractivity contribution is 0.172. The Bertz CT molecular complexity index is 646. The fraction of sp³-hybridized carbons (Fsp3) is 0.400. The summed E-state index contributed by atoms with van der Waals surface area (Å²) in [4.78, 5) is 2.49. The number of hydrogen-bond donors (Lipinski definition) is 1. The zero-order valence-electron chi connectivity index (χ0n) is 14.4. The summed E-state index contributed by atoms with van der Waals surface area (Å²) in [5, 5.41) is 0.698. The van der Waals surface area contributed by atoms with E-state index >= 15 is 0 Å². The van der Waals surface area contributed by atoms with Crippen molar-refractivity contribution in [1.29, 1.82) is 0 Å². The van der Waals surface area contributed by atoms with E-state index in [1.165, 1.54) is 12.8 Å². The molecule has 1 atom stereocenters. The standard InChI is InChI=1S/C20H25ClN2O2/c21-16-4-6-19(7-5-16)25-20-10-8-18(9-11-20)24-15-17-3-1-13-23(17)14-2-12-22/h4-11,17H,1-3,12-15,22H2. The Balaban J connectivity index is 1.49. The van der Waals surface area contributed by atoms with Gasteiger partial charge in [-0.25, -0.2) is 0 Å². The van der Waals surface area contributed by atoms with Gasteiger partial charge in [-0.2, -0.15) is 0 Å². The smallest absolute Gasteiger partial charge is 0.127 e. The second kappa shape index (κ2) is 9.09. The molecule has 1 saturated heterocycles. The first-order valence-corrected chi connectivity index (χ1v) is 9.23. The van der Waals surface area contributed by atoms with Crippen LogP contribution < -0.4 is 15.2 Å². The van der Waals surface area contributed by atoms with Crippen molar-refractivity contribution in [2.24, 2.45) is 5.73 Å². The predicted molar refractivity (Wildman–Crippen MR) is 102 cm³/mol. The van der Waals surface area contributed by atoms with Crippen LogP contribution in [-0.4, -0.2) is 37.2 Å². The van der Waals surface area contributed by atoms with Crippen molar-refractivity contribution in [2.45, 2.75) is 25.3 Å². The van der Waals surface area contributed by atoms with E-state index < -0.39 is 0 Å². The number of nitrogens with two attached hydrogens (primary N) is 1. The van der Waals surface area contributed by atoms with Gasteiger partial charge in [-0.15, -0.1) is 0 Å². The summed E-state index contributed by atoms with van der Waals surface area (Å²) in [5.41, 5.74) is 5.62. The van der Waals surface area contributed by atoms with Gasteiger partial charge in [0, 0.05) is 11.1 Å². The van der Waals surface area contributed by atoms with Crippen LogP contribution in [0.1, 0.15) is 19.3 Å². The van der Waals surface area contributed by atoms with Crippen LogP contribution in [0.5, 0.6) is 17.2 Å². The summed E-state index contributed by atoms with van der Waals surface area (Å²) in [7, 11) is 0. The molecule has 1 aliphatic heterocycles. The van der Waals surface area contributed by atoms with Crippen molar-refractivity contribution in [3.63, 3.8) is 0 Å². The normalized spacial score (nSPS) is 17.6. The van der Waals surface area contributed by atoms with Crippen LogP contribution in [0.15, 0.2) is 48.5 Å². The van der Waals surface area contributed by atoms with Crippen molar-refractivity contribution in [3.05, 3.63) is 53.6 Å². The van der Waals surface area contributed by atoms with Crippen molar-refractivity contribution in [3.8, 4) is 17.2 Å².